The maximum absolute atomic E-state index is 13.0. The van der Waals surface area contributed by atoms with Crippen molar-refractivity contribution in [3.05, 3.63) is 34.3 Å². The van der Waals surface area contributed by atoms with Crippen LogP contribution in [-0.2, 0) is 21.5 Å². The summed E-state index contributed by atoms with van der Waals surface area (Å²) in [6.07, 6.45) is 4.30. The van der Waals surface area contributed by atoms with Crippen LogP contribution in [0.5, 0.6) is 0 Å². The van der Waals surface area contributed by atoms with Crippen LogP contribution in [0.25, 0.3) is 0 Å². The van der Waals surface area contributed by atoms with Crippen LogP contribution in [-0.4, -0.2) is 36.1 Å². The standard InChI is InChI=1S/C17H19ClN2O3/c18-12-3-4-14-11(10-12)5-7-17(14)15(21)20(16(22)19-17)8-6-13-2-1-9-23-13/h3-4,10,13H,1-2,5-9H2,(H,19,22)/t13-,17-/m0/s1. The lowest BCUT2D eigenvalue weighted by atomic mass is 9.92. The van der Waals surface area contributed by atoms with Gasteiger partial charge in [0.05, 0.1) is 6.10 Å². The topological polar surface area (TPSA) is 58.6 Å². The molecule has 1 aliphatic carbocycles. The van der Waals surface area contributed by atoms with Gasteiger partial charge >= 0.3 is 6.03 Å². The molecule has 0 aromatic heterocycles. The summed E-state index contributed by atoms with van der Waals surface area (Å²) in [5, 5.41) is 3.59. The van der Waals surface area contributed by atoms with E-state index in [9.17, 15) is 9.59 Å². The summed E-state index contributed by atoms with van der Waals surface area (Å²) in [5.41, 5.74) is 1.04. The number of hydrogen-bond donors (Lipinski definition) is 1. The van der Waals surface area contributed by atoms with Gasteiger partial charge in [0.25, 0.3) is 5.91 Å². The van der Waals surface area contributed by atoms with Gasteiger partial charge in [0.1, 0.15) is 5.54 Å². The molecule has 5 nitrogen and oxygen atoms in total. The zero-order chi connectivity index (χ0) is 16.0. The summed E-state index contributed by atoms with van der Waals surface area (Å²) >= 11 is 6.04. The maximum Gasteiger partial charge on any atom is 0.325 e. The summed E-state index contributed by atoms with van der Waals surface area (Å²) in [6, 6.07) is 5.24. The Labute approximate surface area is 139 Å². The lowest BCUT2D eigenvalue weighted by molar-refractivity contribution is -0.131. The molecule has 0 bridgehead atoms. The first-order valence-electron chi connectivity index (χ1n) is 8.15. The third-order valence-electron chi connectivity index (χ3n) is 5.17. The Morgan fingerprint density at radius 1 is 1.39 bits per heavy atom. The normalized spacial score (nSPS) is 29.4. The summed E-state index contributed by atoms with van der Waals surface area (Å²) in [5.74, 6) is -0.137. The number of fused-ring (bicyclic) bond motifs is 2. The number of rotatable bonds is 3. The second-order valence-corrected chi connectivity index (χ2v) is 6.95. The number of carbonyl (C=O) groups excluding carboxylic acids is 2. The third kappa shape index (κ3) is 2.34. The molecule has 4 rings (SSSR count). The number of nitrogens with zero attached hydrogens (tertiary/aromatic N) is 1. The van der Waals surface area contributed by atoms with E-state index >= 15 is 0 Å². The highest BCUT2D eigenvalue weighted by Crippen LogP contribution is 2.42. The van der Waals surface area contributed by atoms with Crippen molar-refractivity contribution >= 4 is 23.5 Å². The quantitative estimate of drug-likeness (QED) is 0.864. The molecule has 1 N–H and O–H groups in total. The Kier molecular flexibility index (Phi) is 3.58. The molecule has 1 aromatic carbocycles. The smallest absolute Gasteiger partial charge is 0.325 e. The van der Waals surface area contributed by atoms with Gasteiger partial charge in [0.15, 0.2) is 0 Å². The Morgan fingerprint density at radius 3 is 3.04 bits per heavy atom. The largest absolute Gasteiger partial charge is 0.378 e. The molecule has 0 radical (unpaired) electrons. The minimum Gasteiger partial charge on any atom is -0.378 e. The first kappa shape index (κ1) is 15.0. The highest BCUT2D eigenvalue weighted by Gasteiger charge is 2.55. The van der Waals surface area contributed by atoms with Crippen molar-refractivity contribution in [3.8, 4) is 0 Å². The monoisotopic (exact) mass is 334 g/mol. The predicted octanol–water partition coefficient (Wildman–Crippen LogP) is 2.60. The van der Waals surface area contributed by atoms with Crippen molar-refractivity contribution in [1.82, 2.24) is 10.2 Å². The zero-order valence-electron chi connectivity index (χ0n) is 12.8. The van der Waals surface area contributed by atoms with Gasteiger partial charge < -0.3 is 10.1 Å². The number of halogens is 1. The molecule has 3 aliphatic rings. The second kappa shape index (κ2) is 5.49. The highest BCUT2D eigenvalue weighted by atomic mass is 35.5. The van der Waals surface area contributed by atoms with E-state index in [-0.39, 0.29) is 18.0 Å². The number of urea groups is 1. The van der Waals surface area contributed by atoms with Gasteiger partial charge in [-0.15, -0.1) is 0 Å². The number of aryl methyl sites for hydroxylation is 1. The Morgan fingerprint density at radius 2 is 2.26 bits per heavy atom. The second-order valence-electron chi connectivity index (χ2n) is 6.52. The summed E-state index contributed by atoms with van der Waals surface area (Å²) in [7, 11) is 0. The fraction of sp³-hybridized carbons (Fsp3) is 0.529. The molecule has 2 saturated heterocycles. The van der Waals surface area contributed by atoms with E-state index in [0.717, 1.165) is 37.0 Å². The van der Waals surface area contributed by atoms with Crippen LogP contribution in [0.2, 0.25) is 5.02 Å². The van der Waals surface area contributed by atoms with Crippen LogP contribution in [0, 0.1) is 0 Å². The van der Waals surface area contributed by atoms with Crippen molar-refractivity contribution in [1.29, 1.82) is 0 Å². The van der Waals surface area contributed by atoms with Gasteiger partial charge in [0, 0.05) is 18.2 Å². The van der Waals surface area contributed by atoms with Crippen molar-refractivity contribution in [2.24, 2.45) is 0 Å². The molecule has 0 saturated carbocycles. The van der Waals surface area contributed by atoms with E-state index in [1.807, 2.05) is 12.1 Å². The number of carbonyl (C=O) groups is 2. The summed E-state index contributed by atoms with van der Waals surface area (Å²) < 4.78 is 5.59. The Balaban J connectivity index is 1.56. The Bertz CT molecular complexity index is 672. The van der Waals surface area contributed by atoms with Gasteiger partial charge in [-0.1, -0.05) is 17.7 Å². The minimum atomic E-state index is -0.895. The first-order valence-corrected chi connectivity index (χ1v) is 8.52. The predicted molar refractivity (Wildman–Crippen MR) is 85.3 cm³/mol. The van der Waals surface area contributed by atoms with Crippen molar-refractivity contribution < 1.29 is 14.3 Å². The van der Waals surface area contributed by atoms with E-state index in [1.165, 1.54) is 4.90 Å². The molecule has 6 heteroatoms. The average Bonchev–Trinajstić information content (AvgIpc) is 3.20. The third-order valence-corrected chi connectivity index (χ3v) is 5.41. The number of ether oxygens (including phenoxy) is 1. The molecular formula is C17H19ClN2O3. The molecule has 0 unspecified atom stereocenters. The van der Waals surface area contributed by atoms with Crippen LogP contribution in [0.15, 0.2) is 18.2 Å². The number of imide groups is 1. The van der Waals surface area contributed by atoms with Gasteiger partial charge in [-0.3, -0.25) is 9.69 Å². The molecule has 2 fully saturated rings. The highest BCUT2D eigenvalue weighted by molar-refractivity contribution is 6.30. The zero-order valence-corrected chi connectivity index (χ0v) is 13.6. The maximum atomic E-state index is 13.0. The van der Waals surface area contributed by atoms with Crippen LogP contribution in [0.4, 0.5) is 4.79 Å². The van der Waals surface area contributed by atoms with Gasteiger partial charge in [0.2, 0.25) is 0 Å². The molecule has 2 atom stereocenters. The molecule has 23 heavy (non-hydrogen) atoms. The summed E-state index contributed by atoms with van der Waals surface area (Å²) in [6.45, 7) is 1.20. The van der Waals surface area contributed by atoms with Crippen molar-refractivity contribution in [2.45, 2.75) is 43.7 Å². The molecular weight excluding hydrogens is 316 g/mol. The van der Waals surface area contributed by atoms with Gasteiger partial charge in [-0.2, -0.15) is 0 Å². The van der Waals surface area contributed by atoms with Crippen LogP contribution in [0.3, 0.4) is 0 Å². The van der Waals surface area contributed by atoms with Crippen LogP contribution >= 0.6 is 11.6 Å². The average molecular weight is 335 g/mol. The van der Waals surface area contributed by atoms with E-state index in [4.69, 9.17) is 16.3 Å². The molecule has 1 spiro atoms. The minimum absolute atomic E-state index is 0.137. The van der Waals surface area contributed by atoms with Crippen LogP contribution < -0.4 is 5.32 Å². The van der Waals surface area contributed by atoms with E-state index < -0.39 is 5.54 Å². The van der Waals surface area contributed by atoms with Gasteiger partial charge in [-0.25, -0.2) is 4.79 Å². The molecule has 3 amide bonds. The number of amides is 3. The number of hydrogen-bond acceptors (Lipinski definition) is 3. The number of nitrogens with one attached hydrogen (secondary N) is 1. The number of benzene rings is 1. The SMILES string of the molecule is O=C1N[C@]2(CCc3cc(Cl)ccc32)C(=O)N1CC[C@@H]1CCCO1. The van der Waals surface area contributed by atoms with Crippen LogP contribution in [0.1, 0.15) is 36.8 Å². The molecule has 2 aliphatic heterocycles. The molecule has 2 heterocycles. The fourth-order valence-electron chi connectivity index (χ4n) is 3.97. The van der Waals surface area contributed by atoms with Crippen molar-refractivity contribution in [3.63, 3.8) is 0 Å². The lowest BCUT2D eigenvalue weighted by Gasteiger charge is -2.22. The summed E-state index contributed by atoms with van der Waals surface area (Å²) in [4.78, 5) is 26.7. The van der Waals surface area contributed by atoms with E-state index in [1.54, 1.807) is 6.07 Å². The molecule has 122 valence electrons. The Hall–Kier alpha value is -1.59. The first-order chi connectivity index (χ1) is 11.1. The van der Waals surface area contributed by atoms with Crippen molar-refractivity contribution in [2.75, 3.05) is 13.2 Å². The van der Waals surface area contributed by atoms with E-state index in [0.29, 0.717) is 24.4 Å². The van der Waals surface area contributed by atoms with E-state index in [2.05, 4.69) is 5.32 Å². The molecule has 1 aromatic rings. The van der Waals surface area contributed by atoms with Gasteiger partial charge in [-0.05, 0) is 55.4 Å². The fourth-order valence-corrected chi connectivity index (χ4v) is 4.16. The lowest BCUT2D eigenvalue weighted by Crippen LogP contribution is -2.42.